The molecule has 2 amide bonds. The SMILES string of the molecule is COc1ccc(C)cc1N1C[C@@H](C(=O)N[C@H]2CCCc3ccccc32)CC1=O. The van der Waals surface area contributed by atoms with Crippen LogP contribution in [0.1, 0.15) is 42.0 Å². The van der Waals surface area contributed by atoms with Crippen molar-refractivity contribution in [3.63, 3.8) is 0 Å². The van der Waals surface area contributed by atoms with Crippen molar-refractivity contribution in [2.45, 2.75) is 38.6 Å². The second-order valence-corrected chi connectivity index (χ2v) is 7.73. The number of carbonyl (C=O) groups is 2. The molecule has 4 rings (SSSR count). The second kappa shape index (κ2) is 7.66. The van der Waals surface area contributed by atoms with Gasteiger partial charge in [0.05, 0.1) is 24.8 Å². The van der Waals surface area contributed by atoms with Crippen LogP contribution >= 0.6 is 0 Å². The highest BCUT2D eigenvalue weighted by atomic mass is 16.5. The topological polar surface area (TPSA) is 58.6 Å². The van der Waals surface area contributed by atoms with Gasteiger partial charge in [0.1, 0.15) is 5.75 Å². The van der Waals surface area contributed by atoms with Crippen LogP contribution in [-0.4, -0.2) is 25.5 Å². The largest absolute Gasteiger partial charge is 0.495 e. The zero-order valence-electron chi connectivity index (χ0n) is 16.4. The molecule has 2 aromatic rings. The summed E-state index contributed by atoms with van der Waals surface area (Å²) in [6.45, 7) is 2.37. The molecule has 0 aromatic heterocycles. The van der Waals surface area contributed by atoms with Crippen molar-refractivity contribution < 1.29 is 14.3 Å². The van der Waals surface area contributed by atoms with E-state index in [1.54, 1.807) is 12.0 Å². The molecule has 1 aliphatic heterocycles. The fourth-order valence-corrected chi connectivity index (χ4v) is 4.32. The third-order valence-electron chi connectivity index (χ3n) is 5.81. The first kappa shape index (κ1) is 18.5. The third-order valence-corrected chi connectivity index (χ3v) is 5.81. The molecule has 2 atom stereocenters. The minimum Gasteiger partial charge on any atom is -0.495 e. The molecule has 2 aliphatic rings. The molecule has 5 heteroatoms. The molecule has 0 saturated carbocycles. The van der Waals surface area contributed by atoms with E-state index in [9.17, 15) is 9.59 Å². The first-order valence-corrected chi connectivity index (χ1v) is 9.90. The standard InChI is InChI=1S/C23H26N2O3/c1-15-10-11-21(28-2)20(12-15)25-14-17(13-22(25)26)23(27)24-19-9-5-7-16-6-3-4-8-18(16)19/h3-4,6,8,10-12,17,19H,5,7,9,13-14H2,1-2H3,(H,24,27)/t17-,19-/m0/s1. The van der Waals surface area contributed by atoms with Crippen LogP contribution in [-0.2, 0) is 16.0 Å². The number of nitrogens with zero attached hydrogens (tertiary/aromatic N) is 1. The number of benzene rings is 2. The Labute approximate surface area is 165 Å². The number of amides is 2. The lowest BCUT2D eigenvalue weighted by molar-refractivity contribution is -0.127. The molecule has 0 unspecified atom stereocenters. The van der Waals surface area contributed by atoms with Gasteiger partial charge in [-0.3, -0.25) is 9.59 Å². The van der Waals surface area contributed by atoms with Crippen LogP contribution in [0.5, 0.6) is 5.75 Å². The summed E-state index contributed by atoms with van der Waals surface area (Å²) in [5.41, 5.74) is 4.32. The summed E-state index contributed by atoms with van der Waals surface area (Å²) in [6.07, 6.45) is 3.31. The van der Waals surface area contributed by atoms with Crippen LogP contribution in [0.15, 0.2) is 42.5 Å². The summed E-state index contributed by atoms with van der Waals surface area (Å²) >= 11 is 0. The molecule has 5 nitrogen and oxygen atoms in total. The van der Waals surface area contributed by atoms with Crippen molar-refractivity contribution in [2.24, 2.45) is 5.92 Å². The lowest BCUT2D eigenvalue weighted by atomic mass is 9.87. The Morgan fingerprint density at radius 2 is 2.04 bits per heavy atom. The number of anilines is 1. The van der Waals surface area contributed by atoms with Crippen molar-refractivity contribution in [3.05, 3.63) is 59.2 Å². The van der Waals surface area contributed by atoms with Crippen LogP contribution in [0.25, 0.3) is 0 Å². The minimum atomic E-state index is -0.341. The van der Waals surface area contributed by atoms with E-state index in [4.69, 9.17) is 4.74 Å². The first-order chi connectivity index (χ1) is 13.6. The van der Waals surface area contributed by atoms with E-state index in [-0.39, 0.29) is 30.2 Å². The van der Waals surface area contributed by atoms with Gasteiger partial charge in [0.25, 0.3) is 0 Å². The lowest BCUT2D eigenvalue weighted by Crippen LogP contribution is -2.36. The van der Waals surface area contributed by atoms with Gasteiger partial charge in [0, 0.05) is 13.0 Å². The maximum absolute atomic E-state index is 12.9. The quantitative estimate of drug-likeness (QED) is 0.885. The lowest BCUT2D eigenvalue weighted by Gasteiger charge is -2.27. The zero-order valence-corrected chi connectivity index (χ0v) is 16.4. The third kappa shape index (κ3) is 3.49. The summed E-state index contributed by atoms with van der Waals surface area (Å²) < 4.78 is 5.42. The molecule has 1 saturated heterocycles. The number of ether oxygens (including phenoxy) is 1. The fourth-order valence-electron chi connectivity index (χ4n) is 4.32. The Bertz CT molecular complexity index is 908. The summed E-state index contributed by atoms with van der Waals surface area (Å²) in [4.78, 5) is 27.3. The van der Waals surface area contributed by atoms with E-state index >= 15 is 0 Å². The van der Waals surface area contributed by atoms with E-state index in [1.165, 1.54) is 11.1 Å². The van der Waals surface area contributed by atoms with Crippen LogP contribution in [0, 0.1) is 12.8 Å². The summed E-state index contributed by atoms with van der Waals surface area (Å²) in [7, 11) is 1.60. The molecule has 146 valence electrons. The Morgan fingerprint density at radius 1 is 1.21 bits per heavy atom. The van der Waals surface area contributed by atoms with Crippen molar-refractivity contribution in [3.8, 4) is 5.75 Å². The Balaban J connectivity index is 1.49. The van der Waals surface area contributed by atoms with Crippen LogP contribution in [0.4, 0.5) is 5.69 Å². The molecule has 0 radical (unpaired) electrons. The van der Waals surface area contributed by atoms with Gasteiger partial charge in [-0.2, -0.15) is 0 Å². The van der Waals surface area contributed by atoms with Crippen LogP contribution in [0.2, 0.25) is 0 Å². The second-order valence-electron chi connectivity index (χ2n) is 7.73. The van der Waals surface area contributed by atoms with Crippen LogP contribution in [0.3, 0.4) is 0 Å². The molecule has 1 fully saturated rings. The number of aryl methyl sites for hydroxylation is 2. The maximum atomic E-state index is 12.9. The van der Waals surface area contributed by atoms with Crippen molar-refractivity contribution in [2.75, 3.05) is 18.6 Å². The normalized spacial score (nSPS) is 21.4. The van der Waals surface area contributed by atoms with Crippen molar-refractivity contribution >= 4 is 17.5 Å². The number of rotatable bonds is 4. The average molecular weight is 378 g/mol. The van der Waals surface area contributed by atoms with Gasteiger partial charge in [-0.25, -0.2) is 0 Å². The van der Waals surface area contributed by atoms with E-state index < -0.39 is 0 Å². The highest BCUT2D eigenvalue weighted by Gasteiger charge is 2.37. The van der Waals surface area contributed by atoms with Gasteiger partial charge in [0.2, 0.25) is 11.8 Å². The predicted octanol–water partition coefficient (Wildman–Crippen LogP) is 3.55. The summed E-state index contributed by atoms with van der Waals surface area (Å²) in [5.74, 6) is 0.241. The van der Waals surface area contributed by atoms with E-state index in [0.717, 1.165) is 30.5 Å². The van der Waals surface area contributed by atoms with Gasteiger partial charge < -0.3 is 15.0 Å². The molecular formula is C23H26N2O3. The van der Waals surface area contributed by atoms with E-state index in [2.05, 4.69) is 17.4 Å². The molecular weight excluding hydrogens is 352 g/mol. The first-order valence-electron chi connectivity index (χ1n) is 9.90. The molecule has 1 N–H and O–H groups in total. The number of methoxy groups -OCH3 is 1. The fraction of sp³-hybridized carbons (Fsp3) is 0.391. The number of carbonyl (C=O) groups excluding carboxylic acids is 2. The molecule has 28 heavy (non-hydrogen) atoms. The number of hydrogen-bond acceptors (Lipinski definition) is 3. The van der Waals surface area contributed by atoms with Gasteiger partial charge >= 0.3 is 0 Å². The van der Waals surface area contributed by atoms with Gasteiger partial charge in [-0.05, 0) is 55.0 Å². The molecule has 0 bridgehead atoms. The maximum Gasteiger partial charge on any atom is 0.227 e. The summed E-state index contributed by atoms with van der Waals surface area (Å²) in [5, 5.41) is 3.20. The molecule has 0 spiro atoms. The molecule has 1 aliphatic carbocycles. The number of nitrogens with one attached hydrogen (secondary N) is 1. The van der Waals surface area contributed by atoms with E-state index in [0.29, 0.717) is 12.3 Å². The minimum absolute atomic E-state index is 0.0342. The highest BCUT2D eigenvalue weighted by molar-refractivity contribution is 6.01. The van der Waals surface area contributed by atoms with Gasteiger partial charge in [-0.15, -0.1) is 0 Å². The summed E-state index contributed by atoms with van der Waals surface area (Å²) in [6, 6.07) is 14.1. The van der Waals surface area contributed by atoms with Crippen molar-refractivity contribution in [1.82, 2.24) is 5.32 Å². The Kier molecular flexibility index (Phi) is 5.07. The van der Waals surface area contributed by atoms with Gasteiger partial charge in [0.15, 0.2) is 0 Å². The highest BCUT2D eigenvalue weighted by Crippen LogP contribution is 2.35. The monoisotopic (exact) mass is 378 g/mol. The van der Waals surface area contributed by atoms with Gasteiger partial charge in [-0.1, -0.05) is 30.3 Å². The van der Waals surface area contributed by atoms with Crippen LogP contribution < -0.4 is 15.0 Å². The Hall–Kier alpha value is -2.82. The van der Waals surface area contributed by atoms with Crippen molar-refractivity contribution in [1.29, 1.82) is 0 Å². The predicted molar refractivity (Wildman–Crippen MR) is 108 cm³/mol. The number of hydrogen-bond donors (Lipinski definition) is 1. The molecule has 2 aromatic carbocycles. The van der Waals surface area contributed by atoms with E-state index in [1.807, 2.05) is 37.3 Å². The molecule has 1 heterocycles. The smallest absolute Gasteiger partial charge is 0.227 e. The Morgan fingerprint density at radius 3 is 2.86 bits per heavy atom. The average Bonchev–Trinajstić information content (AvgIpc) is 3.10. The number of fused-ring (bicyclic) bond motifs is 1. The zero-order chi connectivity index (χ0) is 19.7.